The van der Waals surface area contributed by atoms with Crippen LogP contribution in [0.1, 0.15) is 0 Å². The van der Waals surface area contributed by atoms with Crippen molar-refractivity contribution in [2.45, 2.75) is 0 Å². The summed E-state index contributed by atoms with van der Waals surface area (Å²) in [7, 11) is 0. The summed E-state index contributed by atoms with van der Waals surface area (Å²) in [6.45, 7) is 0. The molecule has 0 saturated heterocycles. The average Bonchev–Trinajstić information content (AvgIpc) is 3.53. The van der Waals surface area contributed by atoms with Crippen molar-refractivity contribution in [3.05, 3.63) is 133 Å². The highest BCUT2D eigenvalue weighted by molar-refractivity contribution is 6.28. The van der Waals surface area contributed by atoms with Gasteiger partial charge in [-0.1, -0.05) is 72.8 Å². The van der Waals surface area contributed by atoms with Crippen LogP contribution in [-0.2, 0) is 0 Å². The molecule has 0 bridgehead atoms. The van der Waals surface area contributed by atoms with Crippen LogP contribution in [0, 0.1) is 0 Å². The number of nitrogens with zero attached hydrogens (tertiary/aromatic N) is 4. The molecule has 0 fully saturated rings. The predicted molar refractivity (Wildman–Crippen MR) is 166 cm³/mol. The van der Waals surface area contributed by atoms with Crippen LogP contribution in [0.15, 0.2) is 133 Å². The van der Waals surface area contributed by atoms with Crippen LogP contribution in [-0.4, -0.2) is 19.1 Å². The van der Waals surface area contributed by atoms with Crippen molar-refractivity contribution in [2.24, 2.45) is 0 Å². The first-order valence-electron chi connectivity index (χ1n) is 13.5. The Morgan fingerprint density at radius 3 is 1.27 bits per heavy atom. The van der Waals surface area contributed by atoms with Gasteiger partial charge in [0.15, 0.2) is 0 Å². The number of hydrogen-bond donors (Lipinski definition) is 0. The van der Waals surface area contributed by atoms with E-state index in [2.05, 4.69) is 130 Å². The van der Waals surface area contributed by atoms with Crippen LogP contribution in [0.3, 0.4) is 0 Å². The molecule has 0 atom stereocenters. The van der Waals surface area contributed by atoms with Gasteiger partial charge in [0, 0.05) is 32.3 Å². The zero-order valence-electron chi connectivity index (χ0n) is 21.5. The van der Waals surface area contributed by atoms with Crippen molar-refractivity contribution in [1.82, 2.24) is 19.1 Å². The summed E-state index contributed by atoms with van der Waals surface area (Å²) in [4.78, 5) is 10.2. The number of pyridine rings is 2. The van der Waals surface area contributed by atoms with Crippen LogP contribution in [0.5, 0.6) is 0 Å². The maximum absolute atomic E-state index is 5.09. The van der Waals surface area contributed by atoms with E-state index in [-0.39, 0.29) is 0 Å². The third-order valence-corrected chi connectivity index (χ3v) is 8.10. The molecule has 0 aliphatic carbocycles. The highest BCUT2D eigenvalue weighted by atomic mass is 15.1. The second-order valence-electron chi connectivity index (χ2n) is 10.3. The number of fused-ring (bicyclic) bond motifs is 9. The number of aromatic nitrogens is 4. The molecule has 4 nitrogen and oxygen atoms in total. The van der Waals surface area contributed by atoms with E-state index in [1.54, 1.807) is 0 Å². The van der Waals surface area contributed by atoms with Gasteiger partial charge in [-0.2, -0.15) is 0 Å². The summed E-state index contributed by atoms with van der Waals surface area (Å²) in [6.07, 6.45) is 0. The normalized spacial score (nSPS) is 12.0. The lowest BCUT2D eigenvalue weighted by atomic mass is 10.1. The van der Waals surface area contributed by atoms with Crippen LogP contribution >= 0.6 is 0 Å². The molecule has 0 amide bonds. The van der Waals surface area contributed by atoms with E-state index >= 15 is 0 Å². The summed E-state index contributed by atoms with van der Waals surface area (Å²) in [6, 6.07) is 47.0. The fraction of sp³-hybridized carbons (Fsp3) is 0. The maximum atomic E-state index is 5.09. The molecular formula is C36H22N4. The molecule has 5 aromatic carbocycles. The number of benzene rings is 5. The summed E-state index contributed by atoms with van der Waals surface area (Å²) < 4.78 is 4.61. The molecule has 0 spiro atoms. The fourth-order valence-corrected chi connectivity index (χ4v) is 6.37. The van der Waals surface area contributed by atoms with E-state index in [1.165, 1.54) is 21.5 Å². The van der Waals surface area contributed by atoms with Gasteiger partial charge in [0.1, 0.15) is 11.6 Å². The van der Waals surface area contributed by atoms with Gasteiger partial charge in [0.05, 0.1) is 33.1 Å². The lowest BCUT2D eigenvalue weighted by Gasteiger charge is -2.09. The number of hydrogen-bond acceptors (Lipinski definition) is 2. The molecule has 186 valence electrons. The minimum atomic E-state index is 0.921. The molecule has 0 unspecified atom stereocenters. The van der Waals surface area contributed by atoms with Gasteiger partial charge in [0.2, 0.25) is 0 Å². The summed E-state index contributed by atoms with van der Waals surface area (Å²) in [5.41, 5.74) is 6.57. The fourth-order valence-electron chi connectivity index (χ4n) is 6.37. The monoisotopic (exact) mass is 510 g/mol. The lowest BCUT2D eigenvalue weighted by Crippen LogP contribution is -1.98. The maximum Gasteiger partial charge on any atom is 0.138 e. The molecule has 0 N–H and O–H groups in total. The first kappa shape index (κ1) is 21.5. The van der Waals surface area contributed by atoms with E-state index in [0.29, 0.717) is 0 Å². The quantitative estimate of drug-likeness (QED) is 0.233. The van der Waals surface area contributed by atoms with Gasteiger partial charge in [0.25, 0.3) is 0 Å². The molecule has 0 saturated carbocycles. The molecule has 4 heteroatoms. The van der Waals surface area contributed by atoms with E-state index < -0.39 is 0 Å². The predicted octanol–water partition coefficient (Wildman–Crippen LogP) is 8.98. The van der Waals surface area contributed by atoms with Gasteiger partial charge in [-0.15, -0.1) is 0 Å². The van der Waals surface area contributed by atoms with Crippen LogP contribution in [0.25, 0.3) is 77.1 Å². The van der Waals surface area contributed by atoms with Gasteiger partial charge in [-0.3, -0.25) is 9.13 Å². The Balaban J connectivity index is 1.43. The molecule has 4 heterocycles. The molecule has 0 aliphatic rings. The topological polar surface area (TPSA) is 35.6 Å². The van der Waals surface area contributed by atoms with Crippen molar-refractivity contribution >= 4 is 65.4 Å². The van der Waals surface area contributed by atoms with Gasteiger partial charge < -0.3 is 0 Å². The molecule has 9 aromatic rings. The van der Waals surface area contributed by atoms with Gasteiger partial charge in [-0.05, 0) is 60.7 Å². The Bertz CT molecular complexity index is 2270. The molecule has 40 heavy (non-hydrogen) atoms. The SMILES string of the molecule is c1ccc2nc(-n3c4ccccc4c4c5c6ccccc6n(-c6ccc7ccccc7n6)c5ccc43)ccc2c1. The summed E-state index contributed by atoms with van der Waals surface area (Å²) in [5, 5.41) is 7.18. The Morgan fingerprint density at radius 2 is 0.775 bits per heavy atom. The molecule has 9 rings (SSSR count). The summed E-state index contributed by atoms with van der Waals surface area (Å²) in [5.74, 6) is 1.84. The van der Waals surface area contributed by atoms with E-state index in [1.807, 2.05) is 12.1 Å². The van der Waals surface area contributed by atoms with Crippen molar-refractivity contribution in [2.75, 3.05) is 0 Å². The third-order valence-electron chi connectivity index (χ3n) is 8.10. The highest BCUT2D eigenvalue weighted by Crippen LogP contribution is 2.42. The average molecular weight is 511 g/mol. The molecule has 0 aliphatic heterocycles. The smallest absolute Gasteiger partial charge is 0.138 e. The van der Waals surface area contributed by atoms with Crippen LogP contribution < -0.4 is 0 Å². The molecular weight excluding hydrogens is 488 g/mol. The number of rotatable bonds is 2. The van der Waals surface area contributed by atoms with Crippen LogP contribution in [0.4, 0.5) is 0 Å². The van der Waals surface area contributed by atoms with E-state index in [0.717, 1.165) is 55.5 Å². The minimum absolute atomic E-state index is 0.921. The van der Waals surface area contributed by atoms with Crippen LogP contribution in [0.2, 0.25) is 0 Å². The first-order valence-corrected chi connectivity index (χ1v) is 13.5. The second-order valence-corrected chi connectivity index (χ2v) is 10.3. The highest BCUT2D eigenvalue weighted by Gasteiger charge is 2.21. The van der Waals surface area contributed by atoms with Gasteiger partial charge in [-0.25, -0.2) is 9.97 Å². The minimum Gasteiger partial charge on any atom is -0.294 e. The summed E-state index contributed by atoms with van der Waals surface area (Å²) >= 11 is 0. The Kier molecular flexibility index (Phi) is 4.30. The van der Waals surface area contributed by atoms with Gasteiger partial charge >= 0.3 is 0 Å². The third kappa shape index (κ3) is 2.90. The molecule has 4 aromatic heterocycles. The standard InChI is InChI=1S/C36H22N4/c1-5-13-27-23(9-1)17-21-33(37-27)39-29-15-7-3-11-25(29)35-31(39)19-20-32-36(35)26-12-4-8-16-30(26)40(32)34-22-18-24-10-2-6-14-28(24)38-34/h1-22H. The molecule has 0 radical (unpaired) electrons. The van der Waals surface area contributed by atoms with Crippen molar-refractivity contribution in [1.29, 1.82) is 0 Å². The Morgan fingerprint density at radius 1 is 0.350 bits per heavy atom. The van der Waals surface area contributed by atoms with Crippen molar-refractivity contribution < 1.29 is 0 Å². The second kappa shape index (κ2) is 8.01. The van der Waals surface area contributed by atoms with Crippen molar-refractivity contribution in [3.8, 4) is 11.6 Å². The Hall–Kier alpha value is -5.48. The van der Waals surface area contributed by atoms with E-state index in [4.69, 9.17) is 9.97 Å². The largest absolute Gasteiger partial charge is 0.294 e. The Labute approximate surface area is 229 Å². The number of para-hydroxylation sites is 4. The van der Waals surface area contributed by atoms with E-state index in [9.17, 15) is 0 Å². The van der Waals surface area contributed by atoms with Crippen molar-refractivity contribution in [3.63, 3.8) is 0 Å². The first-order chi connectivity index (χ1) is 19.8. The lowest BCUT2D eigenvalue weighted by molar-refractivity contribution is 1.10. The zero-order chi connectivity index (χ0) is 26.2. The zero-order valence-corrected chi connectivity index (χ0v) is 21.5.